The van der Waals surface area contributed by atoms with Gasteiger partial charge >= 0.3 is 5.97 Å². The molecular formula is C15H30O6S. The Morgan fingerprint density at radius 2 is 1.41 bits per heavy atom. The van der Waals surface area contributed by atoms with Crippen molar-refractivity contribution in [3.63, 3.8) is 0 Å². The van der Waals surface area contributed by atoms with Gasteiger partial charge in [-0.2, -0.15) is 13.3 Å². The molecule has 0 bridgehead atoms. The molecule has 0 amide bonds. The van der Waals surface area contributed by atoms with E-state index in [9.17, 15) is 13.2 Å². The van der Waals surface area contributed by atoms with E-state index < -0.39 is 10.1 Å². The standard InChI is InChI=1S/C15H30O6S/c1-15(2,3)13-14(16)21-19-11-9-7-5-6-8-10-12-20-22(4,17)18/h5-13H2,1-4H3. The SMILES string of the molecule is CC(C)(C)CC(=O)OOCCCCCCCCOS(C)(=O)=O. The molecule has 0 atom stereocenters. The number of unbranched alkanes of at least 4 members (excludes halogenated alkanes) is 5. The number of carbonyl (C=O) groups is 1. The fraction of sp³-hybridized carbons (Fsp3) is 0.933. The van der Waals surface area contributed by atoms with Crippen LogP contribution in [0.1, 0.15) is 65.7 Å². The molecule has 0 heterocycles. The molecule has 0 spiro atoms. The van der Waals surface area contributed by atoms with E-state index in [4.69, 9.17) is 9.78 Å². The Hall–Kier alpha value is -0.660. The predicted molar refractivity (Wildman–Crippen MR) is 84.6 cm³/mol. The first-order valence-electron chi connectivity index (χ1n) is 7.77. The molecule has 0 unspecified atom stereocenters. The summed E-state index contributed by atoms with van der Waals surface area (Å²) in [5, 5.41) is 0. The highest BCUT2D eigenvalue weighted by molar-refractivity contribution is 7.85. The van der Waals surface area contributed by atoms with Crippen molar-refractivity contribution in [1.82, 2.24) is 0 Å². The number of rotatable bonds is 12. The van der Waals surface area contributed by atoms with Gasteiger partial charge in [0.25, 0.3) is 10.1 Å². The summed E-state index contributed by atoms with van der Waals surface area (Å²) < 4.78 is 26.1. The number of hydrogen-bond donors (Lipinski definition) is 0. The molecule has 0 aromatic carbocycles. The normalized spacial score (nSPS) is 12.4. The van der Waals surface area contributed by atoms with E-state index in [0.29, 0.717) is 13.0 Å². The highest BCUT2D eigenvalue weighted by Gasteiger charge is 2.17. The fourth-order valence-electron chi connectivity index (χ4n) is 1.75. The van der Waals surface area contributed by atoms with E-state index in [1.807, 2.05) is 20.8 Å². The van der Waals surface area contributed by atoms with Crippen molar-refractivity contribution in [2.24, 2.45) is 5.41 Å². The zero-order valence-electron chi connectivity index (χ0n) is 14.2. The molecule has 0 aliphatic carbocycles. The van der Waals surface area contributed by atoms with Crippen LogP contribution in [0.5, 0.6) is 0 Å². The van der Waals surface area contributed by atoms with Crippen LogP contribution in [-0.2, 0) is 28.9 Å². The van der Waals surface area contributed by atoms with Crippen molar-refractivity contribution < 1.29 is 27.2 Å². The number of hydrogen-bond acceptors (Lipinski definition) is 6. The second-order valence-corrected chi connectivity index (χ2v) is 8.31. The van der Waals surface area contributed by atoms with Gasteiger partial charge in [0.1, 0.15) is 0 Å². The van der Waals surface area contributed by atoms with Crippen molar-refractivity contribution >= 4 is 16.1 Å². The average Bonchev–Trinajstić information content (AvgIpc) is 2.32. The molecule has 0 aliphatic heterocycles. The van der Waals surface area contributed by atoms with Gasteiger partial charge in [-0.3, -0.25) is 9.07 Å². The Balaban J connectivity index is 3.29. The predicted octanol–water partition coefficient (Wildman–Crippen LogP) is 3.21. The summed E-state index contributed by atoms with van der Waals surface area (Å²) in [6.45, 7) is 6.57. The zero-order chi connectivity index (χ0) is 17.1. The summed E-state index contributed by atoms with van der Waals surface area (Å²) in [6, 6.07) is 0. The lowest BCUT2D eigenvalue weighted by molar-refractivity contribution is -0.274. The third kappa shape index (κ3) is 17.4. The Bertz CT molecular complexity index is 397. The van der Waals surface area contributed by atoms with Gasteiger partial charge in [-0.15, -0.1) is 0 Å². The largest absolute Gasteiger partial charge is 0.342 e. The van der Waals surface area contributed by atoms with Crippen LogP contribution in [0.2, 0.25) is 0 Å². The Kier molecular flexibility index (Phi) is 10.6. The summed E-state index contributed by atoms with van der Waals surface area (Å²) in [7, 11) is -3.31. The van der Waals surface area contributed by atoms with Crippen LogP contribution >= 0.6 is 0 Å². The summed E-state index contributed by atoms with van der Waals surface area (Å²) in [4.78, 5) is 20.9. The van der Waals surface area contributed by atoms with Crippen molar-refractivity contribution in [2.45, 2.75) is 65.7 Å². The minimum Gasteiger partial charge on any atom is -0.298 e. The summed E-state index contributed by atoms with van der Waals surface area (Å²) >= 11 is 0. The lowest BCUT2D eigenvalue weighted by Gasteiger charge is -2.15. The maximum absolute atomic E-state index is 11.4. The van der Waals surface area contributed by atoms with Crippen LogP contribution in [0.25, 0.3) is 0 Å². The fourth-order valence-corrected chi connectivity index (χ4v) is 2.17. The molecule has 0 N–H and O–H groups in total. The maximum atomic E-state index is 11.4. The Morgan fingerprint density at radius 1 is 0.909 bits per heavy atom. The molecule has 132 valence electrons. The number of carbonyl (C=O) groups excluding carboxylic acids is 1. The molecule has 0 aromatic rings. The molecule has 0 rings (SSSR count). The van der Waals surface area contributed by atoms with Crippen LogP contribution in [0, 0.1) is 5.41 Å². The van der Waals surface area contributed by atoms with E-state index in [2.05, 4.69) is 4.18 Å². The van der Waals surface area contributed by atoms with Gasteiger partial charge in [0.05, 0.1) is 25.9 Å². The second-order valence-electron chi connectivity index (χ2n) is 6.66. The van der Waals surface area contributed by atoms with Crippen molar-refractivity contribution in [3.8, 4) is 0 Å². The van der Waals surface area contributed by atoms with Gasteiger partial charge < -0.3 is 0 Å². The third-order valence-corrected chi connectivity index (χ3v) is 3.34. The smallest absolute Gasteiger partial charge is 0.298 e. The second kappa shape index (κ2) is 11.0. The van der Waals surface area contributed by atoms with Gasteiger partial charge in [-0.05, 0) is 18.3 Å². The van der Waals surface area contributed by atoms with Gasteiger partial charge in [0, 0.05) is 0 Å². The van der Waals surface area contributed by atoms with E-state index >= 15 is 0 Å². The van der Waals surface area contributed by atoms with E-state index in [-0.39, 0.29) is 18.0 Å². The van der Waals surface area contributed by atoms with Gasteiger partial charge in [-0.1, -0.05) is 46.5 Å². The summed E-state index contributed by atoms with van der Waals surface area (Å²) in [5.41, 5.74) is -0.0960. The molecule has 0 saturated carbocycles. The van der Waals surface area contributed by atoms with Crippen LogP contribution in [-0.4, -0.2) is 33.9 Å². The van der Waals surface area contributed by atoms with Crippen LogP contribution in [0.4, 0.5) is 0 Å². The minimum atomic E-state index is -3.31. The van der Waals surface area contributed by atoms with Gasteiger partial charge in [-0.25, -0.2) is 4.79 Å². The minimum absolute atomic E-state index is 0.0960. The maximum Gasteiger partial charge on any atom is 0.342 e. The van der Waals surface area contributed by atoms with Crippen molar-refractivity contribution in [1.29, 1.82) is 0 Å². The third-order valence-electron chi connectivity index (χ3n) is 2.75. The molecule has 0 aliphatic rings. The van der Waals surface area contributed by atoms with Crippen LogP contribution < -0.4 is 0 Å². The quantitative estimate of drug-likeness (QED) is 0.235. The topological polar surface area (TPSA) is 78.9 Å². The lowest BCUT2D eigenvalue weighted by atomic mass is 9.93. The highest BCUT2D eigenvalue weighted by atomic mass is 32.2. The molecule has 0 saturated heterocycles. The van der Waals surface area contributed by atoms with Crippen molar-refractivity contribution in [2.75, 3.05) is 19.5 Å². The van der Waals surface area contributed by atoms with Gasteiger partial charge in [0.2, 0.25) is 0 Å². The monoisotopic (exact) mass is 338 g/mol. The molecule has 6 nitrogen and oxygen atoms in total. The molecule has 7 heteroatoms. The average molecular weight is 338 g/mol. The molecule has 22 heavy (non-hydrogen) atoms. The Morgan fingerprint density at radius 3 is 1.91 bits per heavy atom. The molecular weight excluding hydrogens is 308 g/mol. The molecule has 0 radical (unpaired) electrons. The Labute approximate surface area is 134 Å². The highest BCUT2D eigenvalue weighted by Crippen LogP contribution is 2.18. The molecule has 0 fully saturated rings. The van der Waals surface area contributed by atoms with E-state index in [1.165, 1.54) is 0 Å². The van der Waals surface area contributed by atoms with Gasteiger partial charge in [0.15, 0.2) is 0 Å². The van der Waals surface area contributed by atoms with Crippen molar-refractivity contribution in [3.05, 3.63) is 0 Å². The first kappa shape index (κ1) is 21.3. The van der Waals surface area contributed by atoms with Crippen LogP contribution in [0.3, 0.4) is 0 Å². The van der Waals surface area contributed by atoms with Crippen LogP contribution in [0.15, 0.2) is 0 Å². The first-order chi connectivity index (χ1) is 10.1. The summed E-state index contributed by atoms with van der Waals surface area (Å²) in [6.07, 6.45) is 6.97. The molecule has 0 aromatic heterocycles. The first-order valence-corrected chi connectivity index (χ1v) is 9.58. The zero-order valence-corrected chi connectivity index (χ0v) is 15.0. The van der Waals surface area contributed by atoms with E-state index in [1.54, 1.807) is 0 Å². The lowest BCUT2D eigenvalue weighted by Crippen LogP contribution is -2.15. The van der Waals surface area contributed by atoms with E-state index in [0.717, 1.165) is 44.8 Å². The summed E-state index contributed by atoms with van der Waals surface area (Å²) in [5.74, 6) is -0.335.